The minimum atomic E-state index is -3.11. The topological polar surface area (TPSA) is 68.2 Å². The molecule has 1 fully saturated rings. The molecular formula is C39H50O5Si2. The predicted molar refractivity (Wildman–Crippen MR) is 192 cm³/mol. The summed E-state index contributed by atoms with van der Waals surface area (Å²) in [5.41, 5.74) is 0. The molecule has 0 amide bonds. The van der Waals surface area contributed by atoms with E-state index in [9.17, 15) is 10.2 Å². The summed E-state index contributed by atoms with van der Waals surface area (Å²) in [6.45, 7) is 15.0. The number of hydrogen-bond donors (Lipinski definition) is 2. The predicted octanol–water partition coefficient (Wildman–Crippen LogP) is 5.02. The Labute approximate surface area is 277 Å². The molecule has 4 aromatic carbocycles. The van der Waals surface area contributed by atoms with Crippen molar-refractivity contribution in [3.8, 4) is 0 Å². The van der Waals surface area contributed by atoms with Crippen LogP contribution < -0.4 is 20.7 Å². The Morgan fingerprint density at radius 2 is 0.870 bits per heavy atom. The first kappa shape index (κ1) is 34.4. The van der Waals surface area contributed by atoms with Crippen LogP contribution >= 0.6 is 0 Å². The summed E-state index contributed by atoms with van der Waals surface area (Å²) in [4.78, 5) is 0. The molecule has 2 N–H and O–H groups in total. The van der Waals surface area contributed by atoms with Crippen LogP contribution in [0, 0.1) is 0 Å². The molecule has 0 radical (unpaired) electrons. The van der Waals surface area contributed by atoms with Gasteiger partial charge in [-0.1, -0.05) is 163 Å². The van der Waals surface area contributed by atoms with Gasteiger partial charge in [0.2, 0.25) is 0 Å². The Hall–Kier alpha value is -2.89. The first-order chi connectivity index (χ1) is 21.9. The van der Waals surface area contributed by atoms with Crippen molar-refractivity contribution < 1.29 is 23.8 Å². The minimum absolute atomic E-state index is 0.282. The van der Waals surface area contributed by atoms with Crippen LogP contribution in [0.4, 0.5) is 0 Å². The maximum Gasteiger partial charge on any atom is 0.261 e. The Morgan fingerprint density at radius 1 is 0.565 bits per heavy atom. The molecule has 1 heterocycles. The Kier molecular flexibility index (Phi) is 10.3. The molecule has 5 atom stereocenters. The van der Waals surface area contributed by atoms with Crippen molar-refractivity contribution in [2.24, 2.45) is 0 Å². The van der Waals surface area contributed by atoms with Gasteiger partial charge in [0, 0.05) is 0 Å². The lowest BCUT2D eigenvalue weighted by atomic mass is 9.96. The summed E-state index contributed by atoms with van der Waals surface area (Å²) in [7, 11) is -6.16. The van der Waals surface area contributed by atoms with E-state index in [1.54, 1.807) is 0 Å². The van der Waals surface area contributed by atoms with E-state index >= 15 is 0 Å². The lowest BCUT2D eigenvalue weighted by molar-refractivity contribution is -0.215. The molecule has 1 aliphatic rings. The molecular weight excluding hydrogens is 605 g/mol. The monoisotopic (exact) mass is 654 g/mol. The zero-order valence-corrected chi connectivity index (χ0v) is 30.3. The largest absolute Gasteiger partial charge is 0.399 e. The van der Waals surface area contributed by atoms with Gasteiger partial charge in [0.1, 0.15) is 24.4 Å². The first-order valence-electron chi connectivity index (χ1n) is 16.4. The quantitative estimate of drug-likeness (QED) is 0.248. The van der Waals surface area contributed by atoms with Gasteiger partial charge in [-0.3, -0.25) is 0 Å². The number of benzene rings is 4. The molecule has 244 valence electrons. The van der Waals surface area contributed by atoms with Crippen LogP contribution in [0.25, 0.3) is 0 Å². The number of rotatable bonds is 9. The van der Waals surface area contributed by atoms with E-state index in [0.29, 0.717) is 0 Å². The molecule has 0 aromatic heterocycles. The van der Waals surface area contributed by atoms with Gasteiger partial charge in [-0.15, -0.1) is 0 Å². The lowest BCUT2D eigenvalue weighted by Gasteiger charge is -2.53. The molecule has 0 aliphatic carbocycles. The molecule has 7 heteroatoms. The van der Waals surface area contributed by atoms with Crippen molar-refractivity contribution in [3.63, 3.8) is 0 Å². The van der Waals surface area contributed by atoms with Crippen molar-refractivity contribution in [3.05, 3.63) is 121 Å². The zero-order chi connectivity index (χ0) is 33.2. The van der Waals surface area contributed by atoms with Crippen molar-refractivity contribution in [2.75, 3.05) is 6.61 Å². The normalized spacial score (nSPS) is 22.8. The van der Waals surface area contributed by atoms with Crippen LogP contribution in [-0.2, 0) is 13.6 Å². The fraction of sp³-hybridized carbons (Fsp3) is 0.385. The molecule has 1 aliphatic heterocycles. The maximum absolute atomic E-state index is 12.5. The summed E-state index contributed by atoms with van der Waals surface area (Å²) >= 11 is 0. The van der Waals surface area contributed by atoms with Crippen LogP contribution in [0.5, 0.6) is 0 Å². The second-order valence-corrected chi connectivity index (χ2v) is 23.0. The Morgan fingerprint density at radius 3 is 1.15 bits per heavy atom. The first-order valence-corrected chi connectivity index (χ1v) is 20.2. The van der Waals surface area contributed by atoms with Crippen molar-refractivity contribution in [2.45, 2.75) is 89.1 Å². The molecule has 1 saturated heterocycles. The van der Waals surface area contributed by atoms with Gasteiger partial charge in [-0.25, -0.2) is 0 Å². The van der Waals surface area contributed by atoms with Crippen molar-refractivity contribution in [1.82, 2.24) is 0 Å². The van der Waals surface area contributed by atoms with Crippen LogP contribution in [0.15, 0.2) is 121 Å². The highest BCUT2D eigenvalue weighted by Crippen LogP contribution is 2.42. The van der Waals surface area contributed by atoms with E-state index in [1.807, 2.05) is 55.5 Å². The number of aliphatic hydroxyl groups is 2. The summed E-state index contributed by atoms with van der Waals surface area (Å²) in [5, 5.41) is 27.1. The van der Waals surface area contributed by atoms with Crippen LogP contribution in [-0.4, -0.2) is 64.0 Å². The lowest BCUT2D eigenvalue weighted by Crippen LogP contribution is -2.74. The summed E-state index contributed by atoms with van der Waals surface area (Å²) in [6, 6.07) is 41.6. The summed E-state index contributed by atoms with van der Waals surface area (Å²) < 4.78 is 21.5. The second-order valence-electron chi connectivity index (χ2n) is 14.5. The van der Waals surface area contributed by atoms with E-state index in [2.05, 4.69) is 114 Å². The van der Waals surface area contributed by atoms with Gasteiger partial charge in [-0.2, -0.15) is 0 Å². The third kappa shape index (κ3) is 6.22. The molecule has 0 unspecified atom stereocenters. The van der Waals surface area contributed by atoms with Gasteiger partial charge in [0.25, 0.3) is 16.6 Å². The summed E-state index contributed by atoms with van der Waals surface area (Å²) in [6.07, 6.45) is -3.84. The fourth-order valence-electron chi connectivity index (χ4n) is 7.36. The number of ether oxygens (including phenoxy) is 1. The second kappa shape index (κ2) is 13.7. The van der Waals surface area contributed by atoms with Crippen molar-refractivity contribution in [1.29, 1.82) is 0 Å². The highest BCUT2D eigenvalue weighted by Gasteiger charge is 2.58. The zero-order valence-electron chi connectivity index (χ0n) is 28.3. The van der Waals surface area contributed by atoms with Gasteiger partial charge in [-0.05, 0) is 37.7 Å². The van der Waals surface area contributed by atoms with E-state index in [1.165, 1.54) is 0 Å². The molecule has 0 spiro atoms. The van der Waals surface area contributed by atoms with Gasteiger partial charge in [0.15, 0.2) is 0 Å². The molecule has 0 bridgehead atoms. The van der Waals surface area contributed by atoms with Crippen LogP contribution in [0.2, 0.25) is 10.1 Å². The third-order valence-corrected chi connectivity index (χ3v) is 19.6. The fourth-order valence-corrected chi connectivity index (χ4v) is 16.8. The number of hydrogen-bond acceptors (Lipinski definition) is 5. The smallest absolute Gasteiger partial charge is 0.261 e. The molecule has 4 aromatic rings. The average Bonchev–Trinajstić information content (AvgIpc) is 3.05. The van der Waals surface area contributed by atoms with E-state index in [4.69, 9.17) is 13.6 Å². The number of aliphatic hydroxyl groups excluding tert-OH is 2. The maximum atomic E-state index is 12.5. The van der Waals surface area contributed by atoms with Gasteiger partial charge in [0.05, 0.1) is 12.7 Å². The molecule has 0 saturated carbocycles. The van der Waals surface area contributed by atoms with Gasteiger partial charge >= 0.3 is 0 Å². The van der Waals surface area contributed by atoms with E-state index < -0.39 is 47.2 Å². The Bertz CT molecular complexity index is 1440. The third-order valence-electron chi connectivity index (χ3n) is 9.53. The highest BCUT2D eigenvalue weighted by atomic mass is 28.4. The van der Waals surface area contributed by atoms with Crippen LogP contribution in [0.1, 0.15) is 48.5 Å². The molecule has 46 heavy (non-hydrogen) atoms. The minimum Gasteiger partial charge on any atom is -0.399 e. The Balaban J connectivity index is 1.66. The molecule has 5 rings (SSSR count). The standard InChI is InChI=1S/C39H50O5Si2/c1-29-36(43-45(38(2,3)4,30-20-12-8-13-21-30)31-22-14-9-15-23-31)35(41)37(34(28-40)42-29)44-46(39(5,6)7,32-24-16-10-17-25-32)33-26-18-11-19-27-33/h8-27,29,34-37,40-41H,28H2,1-7H3/t29-,34+,35+,36-,37+/m0/s1. The highest BCUT2D eigenvalue weighted by molar-refractivity contribution is 7.00. The van der Waals surface area contributed by atoms with Gasteiger partial charge < -0.3 is 23.8 Å². The van der Waals surface area contributed by atoms with E-state index in [-0.39, 0.29) is 16.7 Å². The SMILES string of the molecule is C[C@@H]1O[C@H](CO)[C@@H](O[Si](c2ccccc2)(c2ccccc2)C(C)(C)C)[C@H](O)[C@H]1O[Si](c1ccccc1)(c1ccccc1)C(C)(C)C. The van der Waals surface area contributed by atoms with Crippen LogP contribution in [0.3, 0.4) is 0 Å². The summed E-state index contributed by atoms with van der Waals surface area (Å²) in [5.74, 6) is 0. The van der Waals surface area contributed by atoms with Crippen molar-refractivity contribution >= 4 is 37.4 Å². The molecule has 5 nitrogen and oxygen atoms in total. The van der Waals surface area contributed by atoms with E-state index in [0.717, 1.165) is 20.7 Å². The average molecular weight is 655 g/mol.